The number of aliphatic carboxylic acids is 1. The fraction of sp³-hybridized carbons (Fsp3) is 0.250. The second-order valence-corrected chi connectivity index (χ2v) is 4.21. The van der Waals surface area contributed by atoms with E-state index in [2.05, 4.69) is 9.97 Å². The summed E-state index contributed by atoms with van der Waals surface area (Å²) in [7, 11) is 1.78. The number of hydrogen-bond donors (Lipinski definition) is 1. The number of aryl methyl sites for hydroxylation is 1. The van der Waals surface area contributed by atoms with E-state index in [0.29, 0.717) is 23.1 Å². The molecule has 2 aromatic heterocycles. The predicted octanol–water partition coefficient (Wildman–Crippen LogP) is 2.15. The maximum atomic E-state index is 10.6. The second-order valence-electron chi connectivity index (χ2n) is 3.86. The average molecular weight is 266 g/mol. The molecule has 0 atom stereocenters. The van der Waals surface area contributed by atoms with Crippen molar-refractivity contribution < 1.29 is 9.90 Å². The molecule has 0 spiro atoms. The Kier molecular flexibility index (Phi) is 3.62. The molecule has 18 heavy (non-hydrogen) atoms. The molecule has 0 aromatic carbocycles. The van der Waals surface area contributed by atoms with Crippen molar-refractivity contribution in [1.29, 1.82) is 0 Å². The molecule has 0 radical (unpaired) electrons. The van der Waals surface area contributed by atoms with Crippen LogP contribution in [0.1, 0.15) is 12.2 Å². The van der Waals surface area contributed by atoms with Crippen LogP contribution < -0.4 is 0 Å². The van der Waals surface area contributed by atoms with E-state index in [9.17, 15) is 4.79 Å². The Labute approximate surface area is 109 Å². The van der Waals surface area contributed by atoms with Gasteiger partial charge in [-0.2, -0.15) is 0 Å². The molecular formula is C12H12ClN3O2. The first-order valence-corrected chi connectivity index (χ1v) is 5.80. The van der Waals surface area contributed by atoms with E-state index >= 15 is 0 Å². The third-order valence-corrected chi connectivity index (χ3v) is 3.07. The highest BCUT2D eigenvalue weighted by Gasteiger charge is 2.14. The fourth-order valence-electron chi connectivity index (χ4n) is 1.66. The number of hydrogen-bond acceptors (Lipinski definition) is 3. The summed E-state index contributed by atoms with van der Waals surface area (Å²) in [4.78, 5) is 18.9. The zero-order valence-electron chi connectivity index (χ0n) is 9.80. The molecule has 0 saturated heterocycles. The van der Waals surface area contributed by atoms with Crippen molar-refractivity contribution in [3.8, 4) is 11.3 Å². The summed E-state index contributed by atoms with van der Waals surface area (Å²) in [6, 6.07) is 3.63. The number of carboxylic acid groups (broad SMARTS) is 1. The van der Waals surface area contributed by atoms with Crippen LogP contribution in [-0.4, -0.2) is 25.6 Å². The van der Waals surface area contributed by atoms with Gasteiger partial charge in [0.05, 0.1) is 6.42 Å². The SMILES string of the molecule is Cn1c(CCC(=O)O)nc(-c2ccncc2)c1Cl. The highest BCUT2D eigenvalue weighted by atomic mass is 35.5. The van der Waals surface area contributed by atoms with Crippen LogP contribution in [0.25, 0.3) is 11.3 Å². The number of carboxylic acids is 1. The van der Waals surface area contributed by atoms with Crippen LogP contribution in [0.15, 0.2) is 24.5 Å². The molecule has 0 unspecified atom stereocenters. The van der Waals surface area contributed by atoms with Crippen LogP contribution in [-0.2, 0) is 18.3 Å². The van der Waals surface area contributed by atoms with Crippen molar-refractivity contribution in [1.82, 2.24) is 14.5 Å². The first kappa shape index (κ1) is 12.6. The Balaban J connectivity index is 2.33. The van der Waals surface area contributed by atoms with Crippen LogP contribution in [0.2, 0.25) is 5.15 Å². The lowest BCUT2D eigenvalue weighted by Gasteiger charge is -1.99. The van der Waals surface area contributed by atoms with Gasteiger partial charge in [0.2, 0.25) is 0 Å². The summed E-state index contributed by atoms with van der Waals surface area (Å²) in [5.74, 6) is -0.186. The van der Waals surface area contributed by atoms with E-state index in [1.807, 2.05) is 12.1 Å². The standard InChI is InChI=1S/C12H12ClN3O2/c1-16-9(2-3-10(17)18)15-11(12(16)13)8-4-6-14-7-5-8/h4-7H,2-3H2,1H3,(H,17,18). The maximum absolute atomic E-state index is 10.6. The Morgan fingerprint density at radius 2 is 2.11 bits per heavy atom. The molecule has 0 aliphatic heterocycles. The minimum absolute atomic E-state index is 0.0387. The highest BCUT2D eigenvalue weighted by Crippen LogP contribution is 2.27. The van der Waals surface area contributed by atoms with Gasteiger partial charge in [-0.1, -0.05) is 11.6 Å². The number of imidazole rings is 1. The summed E-state index contributed by atoms with van der Waals surface area (Å²) >= 11 is 6.20. The van der Waals surface area contributed by atoms with Gasteiger partial charge >= 0.3 is 5.97 Å². The van der Waals surface area contributed by atoms with Gasteiger partial charge in [-0.3, -0.25) is 9.78 Å². The Morgan fingerprint density at radius 3 is 2.72 bits per heavy atom. The van der Waals surface area contributed by atoms with Gasteiger partial charge in [0.25, 0.3) is 0 Å². The van der Waals surface area contributed by atoms with Gasteiger partial charge < -0.3 is 9.67 Å². The smallest absolute Gasteiger partial charge is 0.303 e. The number of aromatic nitrogens is 3. The third-order valence-electron chi connectivity index (χ3n) is 2.63. The van der Waals surface area contributed by atoms with Crippen molar-refractivity contribution in [3.05, 3.63) is 35.5 Å². The monoisotopic (exact) mass is 265 g/mol. The van der Waals surface area contributed by atoms with Crippen molar-refractivity contribution in [2.45, 2.75) is 12.8 Å². The summed E-state index contributed by atoms with van der Waals surface area (Å²) in [6.07, 6.45) is 3.72. The zero-order chi connectivity index (χ0) is 13.1. The van der Waals surface area contributed by atoms with Crippen molar-refractivity contribution >= 4 is 17.6 Å². The molecule has 0 bridgehead atoms. The third kappa shape index (κ3) is 2.51. The fourth-order valence-corrected chi connectivity index (χ4v) is 1.91. The topological polar surface area (TPSA) is 68.0 Å². The van der Waals surface area contributed by atoms with E-state index in [1.54, 1.807) is 24.0 Å². The van der Waals surface area contributed by atoms with Crippen LogP contribution in [0.4, 0.5) is 0 Å². The lowest BCUT2D eigenvalue weighted by atomic mass is 10.2. The summed E-state index contributed by atoms with van der Waals surface area (Å²) < 4.78 is 1.71. The normalized spacial score (nSPS) is 10.6. The molecule has 2 heterocycles. The van der Waals surface area contributed by atoms with E-state index in [0.717, 1.165) is 5.56 Å². The molecule has 6 heteroatoms. The summed E-state index contributed by atoms with van der Waals surface area (Å²) in [5, 5.41) is 9.18. The molecule has 2 rings (SSSR count). The molecule has 1 N–H and O–H groups in total. The van der Waals surface area contributed by atoms with Gasteiger partial charge in [-0.15, -0.1) is 0 Å². The average Bonchev–Trinajstić information content (AvgIpc) is 2.65. The number of nitrogens with zero attached hydrogens (tertiary/aromatic N) is 3. The van der Waals surface area contributed by atoms with E-state index in [-0.39, 0.29) is 6.42 Å². The molecule has 2 aromatic rings. The maximum Gasteiger partial charge on any atom is 0.303 e. The molecule has 0 saturated carbocycles. The van der Waals surface area contributed by atoms with Crippen molar-refractivity contribution in [2.24, 2.45) is 7.05 Å². The lowest BCUT2D eigenvalue weighted by molar-refractivity contribution is -0.137. The minimum atomic E-state index is -0.848. The van der Waals surface area contributed by atoms with E-state index in [4.69, 9.17) is 16.7 Å². The zero-order valence-corrected chi connectivity index (χ0v) is 10.6. The molecular weight excluding hydrogens is 254 g/mol. The van der Waals surface area contributed by atoms with Crippen LogP contribution in [0.3, 0.4) is 0 Å². The summed E-state index contributed by atoms with van der Waals surface area (Å²) in [5.41, 5.74) is 1.52. The largest absolute Gasteiger partial charge is 0.481 e. The quantitative estimate of drug-likeness (QED) is 0.920. The van der Waals surface area contributed by atoms with Crippen molar-refractivity contribution in [2.75, 3.05) is 0 Å². The number of carbonyl (C=O) groups is 1. The first-order valence-electron chi connectivity index (χ1n) is 5.43. The van der Waals surface area contributed by atoms with Crippen molar-refractivity contribution in [3.63, 3.8) is 0 Å². The summed E-state index contributed by atoms with van der Waals surface area (Å²) in [6.45, 7) is 0. The number of rotatable bonds is 4. The number of pyridine rings is 1. The Bertz CT molecular complexity index is 566. The van der Waals surface area contributed by atoms with Gasteiger partial charge in [-0.25, -0.2) is 4.98 Å². The first-order chi connectivity index (χ1) is 8.59. The van der Waals surface area contributed by atoms with Crippen LogP contribution in [0, 0.1) is 0 Å². The Hall–Kier alpha value is -1.88. The predicted molar refractivity (Wildman–Crippen MR) is 67.4 cm³/mol. The highest BCUT2D eigenvalue weighted by molar-refractivity contribution is 6.32. The Morgan fingerprint density at radius 1 is 1.44 bits per heavy atom. The number of halogens is 1. The van der Waals surface area contributed by atoms with Crippen LogP contribution >= 0.6 is 11.6 Å². The van der Waals surface area contributed by atoms with Gasteiger partial charge in [0.1, 0.15) is 16.7 Å². The van der Waals surface area contributed by atoms with E-state index in [1.165, 1.54) is 0 Å². The minimum Gasteiger partial charge on any atom is -0.481 e. The van der Waals surface area contributed by atoms with Gasteiger partial charge in [-0.05, 0) is 12.1 Å². The molecule has 0 aliphatic carbocycles. The molecule has 0 fully saturated rings. The molecule has 5 nitrogen and oxygen atoms in total. The van der Waals surface area contributed by atoms with Crippen LogP contribution in [0.5, 0.6) is 0 Å². The van der Waals surface area contributed by atoms with Gasteiger partial charge in [0, 0.05) is 31.4 Å². The van der Waals surface area contributed by atoms with E-state index < -0.39 is 5.97 Å². The molecule has 0 amide bonds. The van der Waals surface area contributed by atoms with Gasteiger partial charge in [0.15, 0.2) is 0 Å². The lowest BCUT2D eigenvalue weighted by Crippen LogP contribution is -2.03. The molecule has 0 aliphatic rings. The second kappa shape index (κ2) is 5.18. The molecule has 94 valence electrons.